The van der Waals surface area contributed by atoms with Gasteiger partial charge in [0.05, 0.1) is 5.69 Å². The molecule has 0 radical (unpaired) electrons. The summed E-state index contributed by atoms with van der Waals surface area (Å²) in [5.74, 6) is 0.988. The van der Waals surface area contributed by atoms with Gasteiger partial charge in [-0.2, -0.15) is 0 Å². The summed E-state index contributed by atoms with van der Waals surface area (Å²) in [5, 5.41) is 9.38. The third-order valence-electron chi connectivity index (χ3n) is 6.44. The lowest BCUT2D eigenvalue weighted by molar-refractivity contribution is 0.383. The summed E-state index contributed by atoms with van der Waals surface area (Å²) in [4.78, 5) is 0. The lowest BCUT2D eigenvalue weighted by Crippen LogP contribution is -2.29. The number of nitrogens with one attached hydrogen (secondary N) is 2. The molecule has 0 saturated carbocycles. The molecule has 1 aromatic carbocycles. The minimum atomic E-state index is -0.0483. The molecule has 1 heterocycles. The zero-order valence-corrected chi connectivity index (χ0v) is 16.4. The van der Waals surface area contributed by atoms with Gasteiger partial charge < -0.3 is 14.5 Å². The summed E-state index contributed by atoms with van der Waals surface area (Å²) in [5.41, 5.74) is 9.21. The molecule has 1 aromatic heterocycles. The van der Waals surface area contributed by atoms with Crippen LogP contribution in [0.15, 0.2) is 21.6 Å². The molecule has 5 rings (SSSR count). The van der Waals surface area contributed by atoms with Crippen LogP contribution in [0, 0.1) is 10.8 Å². The zero-order valence-electron chi connectivity index (χ0n) is 15.6. The average Bonchev–Trinajstić information content (AvgIpc) is 3.33. The zero-order chi connectivity index (χ0) is 17.9. The largest absolute Gasteiger partial charge is 0.452 e. The first-order valence-electron chi connectivity index (χ1n) is 9.84. The molecule has 0 amide bonds. The maximum absolute atomic E-state index is 8.49. The van der Waals surface area contributed by atoms with E-state index in [9.17, 15) is 0 Å². The fourth-order valence-corrected chi connectivity index (χ4v) is 5.58. The molecule has 4 heteroatoms. The van der Waals surface area contributed by atoms with Gasteiger partial charge >= 0.3 is 0 Å². The summed E-state index contributed by atoms with van der Waals surface area (Å²) >= 11 is 1.59. The highest BCUT2D eigenvalue weighted by molar-refractivity contribution is 8.00. The number of rotatable bonds is 3. The van der Waals surface area contributed by atoms with Crippen molar-refractivity contribution in [3.8, 4) is 0 Å². The van der Waals surface area contributed by atoms with Gasteiger partial charge in [-0.1, -0.05) is 19.9 Å². The number of anilines is 1. The number of hydrogen-bond donors (Lipinski definition) is 2. The summed E-state index contributed by atoms with van der Waals surface area (Å²) < 4.78 is 9.75. The molecule has 26 heavy (non-hydrogen) atoms. The number of aryl methyl sites for hydroxylation is 3. The molecule has 136 valence electrons. The molecule has 0 spiro atoms. The van der Waals surface area contributed by atoms with Gasteiger partial charge in [0.2, 0.25) is 0 Å². The van der Waals surface area contributed by atoms with E-state index in [4.69, 9.17) is 9.83 Å². The molecule has 0 fully saturated rings. The van der Waals surface area contributed by atoms with Gasteiger partial charge in [-0.3, -0.25) is 0 Å². The van der Waals surface area contributed by atoms with Crippen LogP contribution in [0.3, 0.4) is 0 Å². The Morgan fingerprint density at radius 2 is 1.69 bits per heavy atom. The van der Waals surface area contributed by atoms with Crippen molar-refractivity contribution in [3.05, 3.63) is 45.7 Å². The van der Waals surface area contributed by atoms with Crippen molar-refractivity contribution in [2.75, 3.05) is 4.72 Å². The lowest BCUT2D eigenvalue weighted by Gasteiger charge is -2.29. The Balaban J connectivity index is 1.43. The minimum absolute atomic E-state index is 0.0483. The molecular weight excluding hydrogens is 340 g/mol. The molecule has 2 aromatic rings. The third-order valence-corrected chi connectivity index (χ3v) is 7.14. The normalized spacial score (nSPS) is 20.0. The van der Waals surface area contributed by atoms with Crippen LogP contribution in [0.4, 0.5) is 5.69 Å². The van der Waals surface area contributed by atoms with E-state index >= 15 is 0 Å². The van der Waals surface area contributed by atoms with E-state index in [1.54, 1.807) is 23.1 Å². The van der Waals surface area contributed by atoms with Crippen molar-refractivity contribution in [2.24, 2.45) is 5.41 Å². The van der Waals surface area contributed by atoms with Crippen molar-refractivity contribution >= 4 is 23.3 Å². The van der Waals surface area contributed by atoms with E-state index in [0.717, 1.165) is 35.0 Å². The second-order valence-electron chi connectivity index (χ2n) is 8.60. The molecule has 0 atom stereocenters. The van der Waals surface area contributed by atoms with E-state index in [1.807, 2.05) is 0 Å². The van der Waals surface area contributed by atoms with Crippen molar-refractivity contribution in [2.45, 2.75) is 70.3 Å². The van der Waals surface area contributed by atoms with Crippen LogP contribution in [-0.4, -0.2) is 5.71 Å². The predicted octanol–water partition coefficient (Wildman–Crippen LogP) is 5.72. The first-order valence-corrected chi connectivity index (χ1v) is 10.7. The predicted molar refractivity (Wildman–Crippen MR) is 108 cm³/mol. The Hall–Kier alpha value is -1.68. The van der Waals surface area contributed by atoms with Gasteiger partial charge in [0.25, 0.3) is 0 Å². The maximum Gasteiger partial charge on any atom is 0.181 e. The van der Waals surface area contributed by atoms with E-state index in [2.05, 4.69) is 30.7 Å². The quantitative estimate of drug-likeness (QED) is 0.683. The Labute approximate surface area is 159 Å². The molecule has 2 N–H and O–H groups in total. The fraction of sp³-hybridized carbons (Fsp3) is 0.500. The SMILES string of the molecule is CC1(C)CCc2oc(SNc3c4c(cc5c3CCC5)CCC4)cc2C1=N. The smallest absolute Gasteiger partial charge is 0.181 e. The Kier molecular flexibility index (Phi) is 3.75. The Bertz CT molecular complexity index is 877. The van der Waals surface area contributed by atoms with Gasteiger partial charge in [0.1, 0.15) is 5.76 Å². The van der Waals surface area contributed by atoms with Gasteiger partial charge in [-0.25, -0.2) is 0 Å². The molecule has 0 aliphatic heterocycles. The molecule has 0 saturated heterocycles. The summed E-state index contributed by atoms with van der Waals surface area (Å²) in [6, 6.07) is 4.54. The Morgan fingerprint density at radius 3 is 2.38 bits per heavy atom. The lowest BCUT2D eigenvalue weighted by atomic mass is 9.75. The average molecular weight is 367 g/mol. The number of hydrogen-bond acceptors (Lipinski definition) is 4. The standard InChI is InChI=1S/C22H26N2OS/c1-22(2)10-9-18-17(21(22)23)12-19(25-18)26-24-20-15-7-3-5-13(15)11-14-6-4-8-16(14)20/h11-12,23-24H,3-10H2,1-2H3. The topological polar surface area (TPSA) is 49.0 Å². The highest BCUT2D eigenvalue weighted by atomic mass is 32.2. The molecule has 0 bridgehead atoms. The van der Waals surface area contributed by atoms with Crippen LogP contribution in [0.5, 0.6) is 0 Å². The van der Waals surface area contributed by atoms with E-state index in [0.29, 0.717) is 0 Å². The number of furan rings is 1. The first-order chi connectivity index (χ1) is 12.5. The van der Waals surface area contributed by atoms with Gasteiger partial charge in [-0.15, -0.1) is 0 Å². The minimum Gasteiger partial charge on any atom is -0.452 e. The molecule has 3 aliphatic carbocycles. The highest BCUT2D eigenvalue weighted by Gasteiger charge is 2.34. The van der Waals surface area contributed by atoms with Crippen LogP contribution in [-0.2, 0) is 32.1 Å². The van der Waals surface area contributed by atoms with Crippen LogP contribution >= 0.6 is 11.9 Å². The van der Waals surface area contributed by atoms with Crippen molar-refractivity contribution in [1.82, 2.24) is 0 Å². The maximum atomic E-state index is 8.49. The summed E-state index contributed by atoms with van der Waals surface area (Å²) in [6.45, 7) is 4.32. The van der Waals surface area contributed by atoms with Crippen LogP contribution in [0.1, 0.15) is 66.7 Å². The van der Waals surface area contributed by atoms with Crippen LogP contribution in [0.25, 0.3) is 0 Å². The van der Waals surface area contributed by atoms with Crippen LogP contribution in [0.2, 0.25) is 0 Å². The molecule has 3 nitrogen and oxygen atoms in total. The van der Waals surface area contributed by atoms with Gasteiger partial charge in [0, 0.05) is 41.1 Å². The summed E-state index contributed by atoms with van der Waals surface area (Å²) in [6.07, 6.45) is 9.31. The Morgan fingerprint density at radius 1 is 1.00 bits per heavy atom. The van der Waals surface area contributed by atoms with E-state index < -0.39 is 0 Å². The second kappa shape index (κ2) is 5.91. The van der Waals surface area contributed by atoms with E-state index in [1.165, 1.54) is 55.3 Å². The third kappa shape index (κ3) is 2.53. The highest BCUT2D eigenvalue weighted by Crippen LogP contribution is 2.42. The molecule has 3 aliphatic rings. The first kappa shape index (κ1) is 16.5. The number of fused-ring (bicyclic) bond motifs is 3. The summed E-state index contributed by atoms with van der Waals surface area (Å²) in [7, 11) is 0. The molecule has 0 unspecified atom stereocenters. The fourth-order valence-electron chi connectivity index (χ4n) is 4.81. The monoisotopic (exact) mass is 366 g/mol. The van der Waals surface area contributed by atoms with Crippen molar-refractivity contribution < 1.29 is 4.42 Å². The molecular formula is C22H26N2OS. The number of benzene rings is 1. The van der Waals surface area contributed by atoms with Crippen molar-refractivity contribution in [3.63, 3.8) is 0 Å². The van der Waals surface area contributed by atoms with E-state index in [-0.39, 0.29) is 5.41 Å². The second-order valence-corrected chi connectivity index (χ2v) is 9.41. The van der Waals surface area contributed by atoms with Gasteiger partial charge in [0.15, 0.2) is 5.09 Å². The van der Waals surface area contributed by atoms with Crippen molar-refractivity contribution in [1.29, 1.82) is 5.41 Å². The van der Waals surface area contributed by atoms with Gasteiger partial charge in [-0.05, 0) is 67.2 Å². The van der Waals surface area contributed by atoms with Crippen LogP contribution < -0.4 is 4.72 Å².